The number of rotatable bonds is 7. The average molecular weight is 445 g/mol. The highest BCUT2D eigenvalue weighted by Gasteiger charge is 2.00. The second kappa shape index (κ2) is 11.3. The number of ether oxygens (including phenoxy) is 1. The zero-order valence-electron chi connectivity index (χ0n) is 13.5. The smallest absolute Gasteiger partial charge is 0.190 e. The molecule has 0 amide bonds. The van der Waals surface area contributed by atoms with E-state index in [4.69, 9.17) is 4.74 Å². The molecule has 6 heteroatoms. The van der Waals surface area contributed by atoms with Crippen molar-refractivity contribution in [1.29, 1.82) is 0 Å². The van der Waals surface area contributed by atoms with Crippen LogP contribution in [-0.4, -0.2) is 33.2 Å². The Labute approximate surface area is 159 Å². The SMILES string of the molecule is CN=C(NCCc1cccc(OC)c1)NCCc1cccs1.I. The molecular formula is C17H24IN3OS. The molecular weight excluding hydrogens is 421 g/mol. The van der Waals surface area contributed by atoms with Gasteiger partial charge in [0.25, 0.3) is 0 Å². The fourth-order valence-electron chi connectivity index (χ4n) is 2.13. The summed E-state index contributed by atoms with van der Waals surface area (Å²) in [6, 6.07) is 12.4. The Morgan fingerprint density at radius 1 is 1.13 bits per heavy atom. The van der Waals surface area contributed by atoms with Gasteiger partial charge in [0.15, 0.2) is 5.96 Å². The molecule has 0 aliphatic rings. The first-order valence-electron chi connectivity index (χ1n) is 7.41. The first-order chi connectivity index (χ1) is 10.8. The zero-order chi connectivity index (χ0) is 15.6. The number of nitrogens with one attached hydrogen (secondary N) is 2. The Hall–Kier alpha value is -1.28. The number of hydrogen-bond donors (Lipinski definition) is 2. The van der Waals surface area contributed by atoms with Crippen molar-refractivity contribution in [3.05, 3.63) is 52.2 Å². The normalized spacial score (nSPS) is 10.8. The lowest BCUT2D eigenvalue weighted by Gasteiger charge is -2.11. The number of methoxy groups -OCH3 is 1. The van der Waals surface area contributed by atoms with Gasteiger partial charge in [0.1, 0.15) is 5.75 Å². The van der Waals surface area contributed by atoms with Gasteiger partial charge in [0, 0.05) is 25.0 Å². The fourth-order valence-corrected chi connectivity index (χ4v) is 2.84. The van der Waals surface area contributed by atoms with E-state index >= 15 is 0 Å². The highest BCUT2D eigenvalue weighted by Crippen LogP contribution is 2.12. The minimum atomic E-state index is 0. The lowest BCUT2D eigenvalue weighted by molar-refractivity contribution is 0.414. The highest BCUT2D eigenvalue weighted by molar-refractivity contribution is 14.0. The number of halogens is 1. The van der Waals surface area contributed by atoms with Crippen molar-refractivity contribution in [2.24, 2.45) is 4.99 Å². The summed E-state index contributed by atoms with van der Waals surface area (Å²) in [5.74, 6) is 1.75. The number of benzene rings is 1. The third-order valence-corrected chi connectivity index (χ3v) is 4.24. The third-order valence-electron chi connectivity index (χ3n) is 3.31. The number of aliphatic imine (C=N–C) groups is 1. The van der Waals surface area contributed by atoms with Gasteiger partial charge in [-0.3, -0.25) is 4.99 Å². The molecule has 1 heterocycles. The van der Waals surface area contributed by atoms with Gasteiger partial charge in [-0.15, -0.1) is 35.3 Å². The molecule has 2 N–H and O–H groups in total. The van der Waals surface area contributed by atoms with Crippen LogP contribution in [0.1, 0.15) is 10.4 Å². The van der Waals surface area contributed by atoms with E-state index in [-0.39, 0.29) is 24.0 Å². The molecule has 0 radical (unpaired) electrons. The Morgan fingerprint density at radius 3 is 2.57 bits per heavy atom. The maximum absolute atomic E-state index is 5.24. The molecule has 126 valence electrons. The van der Waals surface area contributed by atoms with E-state index in [1.807, 2.05) is 12.1 Å². The first-order valence-corrected chi connectivity index (χ1v) is 8.29. The van der Waals surface area contributed by atoms with Crippen LogP contribution in [0, 0.1) is 0 Å². The van der Waals surface area contributed by atoms with Crippen LogP contribution in [-0.2, 0) is 12.8 Å². The second-order valence-corrected chi connectivity index (χ2v) is 5.89. The van der Waals surface area contributed by atoms with Gasteiger partial charge in [-0.05, 0) is 42.0 Å². The van der Waals surface area contributed by atoms with Gasteiger partial charge < -0.3 is 15.4 Å². The standard InChI is InChI=1S/C17H23N3OS.HI/c1-18-17(20-11-9-16-7-4-12-22-16)19-10-8-14-5-3-6-15(13-14)21-2;/h3-7,12-13H,8-11H2,1-2H3,(H2,18,19,20);1H. The van der Waals surface area contributed by atoms with E-state index in [0.717, 1.165) is 37.6 Å². The van der Waals surface area contributed by atoms with Gasteiger partial charge in [-0.1, -0.05) is 18.2 Å². The summed E-state index contributed by atoms with van der Waals surface area (Å²) in [4.78, 5) is 5.63. The van der Waals surface area contributed by atoms with Gasteiger partial charge in [0.05, 0.1) is 7.11 Å². The molecule has 2 rings (SSSR count). The van der Waals surface area contributed by atoms with Crippen molar-refractivity contribution in [3.8, 4) is 5.75 Å². The maximum Gasteiger partial charge on any atom is 0.190 e. The Kier molecular flexibility index (Phi) is 9.70. The van der Waals surface area contributed by atoms with E-state index < -0.39 is 0 Å². The van der Waals surface area contributed by atoms with E-state index in [9.17, 15) is 0 Å². The lowest BCUT2D eigenvalue weighted by atomic mass is 10.1. The van der Waals surface area contributed by atoms with Crippen LogP contribution in [0.25, 0.3) is 0 Å². The van der Waals surface area contributed by atoms with Crippen molar-refractivity contribution in [1.82, 2.24) is 10.6 Å². The molecule has 0 spiro atoms. The van der Waals surface area contributed by atoms with Crippen LogP contribution in [0.4, 0.5) is 0 Å². The van der Waals surface area contributed by atoms with Crippen LogP contribution < -0.4 is 15.4 Å². The van der Waals surface area contributed by atoms with Crippen LogP contribution in [0.3, 0.4) is 0 Å². The quantitative estimate of drug-likeness (QED) is 0.391. The van der Waals surface area contributed by atoms with Gasteiger partial charge in [-0.2, -0.15) is 0 Å². The van der Waals surface area contributed by atoms with E-state index in [2.05, 4.69) is 45.3 Å². The molecule has 0 atom stereocenters. The number of hydrogen-bond acceptors (Lipinski definition) is 3. The van der Waals surface area contributed by atoms with E-state index in [1.54, 1.807) is 25.5 Å². The molecule has 0 bridgehead atoms. The van der Waals surface area contributed by atoms with Crippen molar-refractivity contribution < 1.29 is 4.74 Å². The van der Waals surface area contributed by atoms with Gasteiger partial charge >= 0.3 is 0 Å². The monoisotopic (exact) mass is 445 g/mol. The first kappa shape index (κ1) is 19.8. The number of nitrogens with zero attached hydrogens (tertiary/aromatic N) is 1. The summed E-state index contributed by atoms with van der Waals surface area (Å²) >= 11 is 1.79. The van der Waals surface area contributed by atoms with Gasteiger partial charge in [0.2, 0.25) is 0 Å². The molecule has 2 aromatic rings. The largest absolute Gasteiger partial charge is 0.497 e. The summed E-state index contributed by atoms with van der Waals surface area (Å²) in [7, 11) is 3.49. The fraction of sp³-hybridized carbons (Fsp3) is 0.353. The zero-order valence-corrected chi connectivity index (χ0v) is 16.7. The topological polar surface area (TPSA) is 45.7 Å². The number of thiophene rings is 1. The van der Waals surface area contributed by atoms with Crippen molar-refractivity contribution in [3.63, 3.8) is 0 Å². The molecule has 0 saturated carbocycles. The molecule has 0 unspecified atom stereocenters. The second-order valence-electron chi connectivity index (χ2n) is 4.86. The van der Waals surface area contributed by atoms with Crippen molar-refractivity contribution >= 4 is 41.3 Å². The highest BCUT2D eigenvalue weighted by atomic mass is 127. The molecule has 0 saturated heterocycles. The maximum atomic E-state index is 5.24. The van der Waals surface area contributed by atoms with E-state index in [1.165, 1.54) is 10.4 Å². The minimum absolute atomic E-state index is 0. The molecule has 4 nitrogen and oxygen atoms in total. The van der Waals surface area contributed by atoms with Crippen molar-refractivity contribution in [2.45, 2.75) is 12.8 Å². The third kappa shape index (κ3) is 7.22. The summed E-state index contributed by atoms with van der Waals surface area (Å²) in [5, 5.41) is 8.78. The molecule has 0 aliphatic carbocycles. The summed E-state index contributed by atoms with van der Waals surface area (Å²) in [6.07, 6.45) is 1.96. The molecule has 0 aliphatic heterocycles. The Balaban J connectivity index is 0.00000264. The summed E-state index contributed by atoms with van der Waals surface area (Å²) in [6.45, 7) is 1.73. The molecule has 23 heavy (non-hydrogen) atoms. The minimum Gasteiger partial charge on any atom is -0.497 e. The van der Waals surface area contributed by atoms with Crippen molar-refractivity contribution in [2.75, 3.05) is 27.2 Å². The van der Waals surface area contributed by atoms with Gasteiger partial charge in [-0.25, -0.2) is 0 Å². The van der Waals surface area contributed by atoms with Crippen LogP contribution in [0.2, 0.25) is 0 Å². The molecule has 1 aromatic heterocycles. The predicted molar refractivity (Wildman–Crippen MR) is 110 cm³/mol. The lowest BCUT2D eigenvalue weighted by Crippen LogP contribution is -2.39. The van der Waals surface area contributed by atoms with Crippen LogP contribution in [0.5, 0.6) is 5.75 Å². The molecule has 1 aromatic carbocycles. The van der Waals surface area contributed by atoms with Crippen LogP contribution >= 0.6 is 35.3 Å². The summed E-state index contributed by atoms with van der Waals surface area (Å²) in [5.41, 5.74) is 1.25. The Morgan fingerprint density at radius 2 is 1.91 bits per heavy atom. The Bertz CT molecular complexity index is 587. The van der Waals surface area contributed by atoms with Crippen LogP contribution in [0.15, 0.2) is 46.8 Å². The predicted octanol–water partition coefficient (Wildman–Crippen LogP) is 3.32. The molecule has 0 fully saturated rings. The average Bonchev–Trinajstić information content (AvgIpc) is 3.07. The number of guanidine groups is 1. The van der Waals surface area contributed by atoms with E-state index in [0.29, 0.717) is 0 Å². The summed E-state index contributed by atoms with van der Waals surface area (Å²) < 4.78 is 5.24.